The molecule has 5 heteroatoms. The molecule has 0 aliphatic carbocycles. The van der Waals surface area contributed by atoms with Gasteiger partial charge in [0.25, 0.3) is 0 Å². The SMILES string of the molecule is COc1ccc(Cl)cc1-n1c(Cl)ccc1Cl. The Morgan fingerprint density at radius 1 is 1.00 bits per heavy atom. The van der Waals surface area contributed by atoms with Gasteiger partial charge < -0.3 is 4.74 Å². The van der Waals surface area contributed by atoms with E-state index in [0.29, 0.717) is 21.1 Å². The van der Waals surface area contributed by atoms with Gasteiger partial charge in [0.1, 0.15) is 16.1 Å². The van der Waals surface area contributed by atoms with E-state index < -0.39 is 0 Å². The minimum Gasteiger partial charge on any atom is -0.495 e. The van der Waals surface area contributed by atoms with Crippen LogP contribution in [0.5, 0.6) is 5.75 Å². The number of methoxy groups -OCH3 is 1. The molecule has 1 aromatic carbocycles. The van der Waals surface area contributed by atoms with Crippen LogP contribution < -0.4 is 4.74 Å². The molecule has 0 radical (unpaired) electrons. The van der Waals surface area contributed by atoms with Crippen molar-refractivity contribution >= 4 is 34.8 Å². The number of aromatic nitrogens is 1. The molecule has 0 saturated heterocycles. The van der Waals surface area contributed by atoms with Crippen LogP contribution in [0.15, 0.2) is 30.3 Å². The maximum Gasteiger partial charge on any atom is 0.143 e. The second-order valence-electron chi connectivity index (χ2n) is 3.13. The molecule has 0 aliphatic rings. The van der Waals surface area contributed by atoms with Crippen LogP contribution in [0.4, 0.5) is 0 Å². The molecular formula is C11H8Cl3NO. The van der Waals surface area contributed by atoms with E-state index in [0.717, 1.165) is 5.69 Å². The van der Waals surface area contributed by atoms with Crippen LogP contribution in [0.2, 0.25) is 15.3 Å². The minimum absolute atomic E-state index is 0.505. The Morgan fingerprint density at radius 2 is 1.62 bits per heavy atom. The molecule has 1 heterocycles. The summed E-state index contributed by atoms with van der Waals surface area (Å²) in [6.45, 7) is 0. The number of hydrogen-bond acceptors (Lipinski definition) is 1. The van der Waals surface area contributed by atoms with E-state index in [1.165, 1.54) is 0 Å². The van der Waals surface area contributed by atoms with Crippen LogP contribution in [0.3, 0.4) is 0 Å². The van der Waals surface area contributed by atoms with Crippen LogP contribution in [0, 0.1) is 0 Å². The first kappa shape index (κ1) is 11.6. The van der Waals surface area contributed by atoms with Crippen molar-refractivity contribution in [3.8, 4) is 11.4 Å². The van der Waals surface area contributed by atoms with Crippen molar-refractivity contribution in [3.05, 3.63) is 45.7 Å². The van der Waals surface area contributed by atoms with Gasteiger partial charge in [0.2, 0.25) is 0 Å². The maximum absolute atomic E-state index is 6.04. The smallest absolute Gasteiger partial charge is 0.143 e. The first-order chi connectivity index (χ1) is 7.63. The molecule has 2 aromatic rings. The minimum atomic E-state index is 0.505. The standard InChI is InChI=1S/C11H8Cl3NO/c1-16-9-3-2-7(12)6-8(9)15-10(13)4-5-11(15)14/h2-6H,1H3. The van der Waals surface area contributed by atoms with E-state index in [1.54, 1.807) is 42.0 Å². The van der Waals surface area contributed by atoms with E-state index in [4.69, 9.17) is 39.5 Å². The van der Waals surface area contributed by atoms with Crippen molar-refractivity contribution in [1.82, 2.24) is 4.57 Å². The average molecular weight is 277 g/mol. The number of rotatable bonds is 2. The quantitative estimate of drug-likeness (QED) is 0.790. The topological polar surface area (TPSA) is 14.2 Å². The Bertz CT molecular complexity index is 502. The first-order valence-electron chi connectivity index (χ1n) is 4.50. The van der Waals surface area contributed by atoms with Gasteiger partial charge in [0, 0.05) is 5.02 Å². The lowest BCUT2D eigenvalue weighted by Gasteiger charge is -2.12. The molecule has 2 rings (SSSR count). The lowest BCUT2D eigenvalue weighted by atomic mass is 10.3. The van der Waals surface area contributed by atoms with Gasteiger partial charge in [-0.2, -0.15) is 0 Å². The summed E-state index contributed by atoms with van der Waals surface area (Å²) in [6.07, 6.45) is 0. The van der Waals surface area contributed by atoms with Gasteiger partial charge in [0.05, 0.1) is 12.8 Å². The number of benzene rings is 1. The van der Waals surface area contributed by atoms with Crippen LogP contribution in [0.1, 0.15) is 0 Å². The zero-order chi connectivity index (χ0) is 11.7. The highest BCUT2D eigenvalue weighted by molar-refractivity contribution is 6.34. The monoisotopic (exact) mass is 275 g/mol. The van der Waals surface area contributed by atoms with Crippen molar-refractivity contribution in [2.75, 3.05) is 7.11 Å². The van der Waals surface area contributed by atoms with Gasteiger partial charge in [-0.25, -0.2) is 0 Å². The molecule has 84 valence electrons. The van der Waals surface area contributed by atoms with Gasteiger partial charge in [0.15, 0.2) is 0 Å². The molecule has 0 spiro atoms. The summed E-state index contributed by atoms with van der Waals surface area (Å²) in [5.74, 6) is 0.657. The molecule has 0 atom stereocenters. The molecule has 0 N–H and O–H groups in total. The third kappa shape index (κ3) is 2.01. The summed E-state index contributed by atoms with van der Waals surface area (Å²) in [5.41, 5.74) is 0.718. The fraction of sp³-hybridized carbons (Fsp3) is 0.0909. The van der Waals surface area contributed by atoms with Gasteiger partial charge in [-0.3, -0.25) is 4.57 Å². The maximum atomic E-state index is 6.04. The number of hydrogen-bond donors (Lipinski definition) is 0. The highest BCUT2D eigenvalue weighted by Gasteiger charge is 2.12. The second-order valence-corrected chi connectivity index (χ2v) is 4.34. The van der Waals surface area contributed by atoms with Crippen molar-refractivity contribution in [3.63, 3.8) is 0 Å². The summed E-state index contributed by atoms with van der Waals surface area (Å²) in [7, 11) is 1.58. The number of ether oxygens (including phenoxy) is 1. The van der Waals surface area contributed by atoms with Crippen molar-refractivity contribution in [2.45, 2.75) is 0 Å². The molecule has 0 fully saturated rings. The number of halogens is 3. The van der Waals surface area contributed by atoms with Crippen LogP contribution in [-0.2, 0) is 0 Å². The number of nitrogens with zero attached hydrogens (tertiary/aromatic N) is 1. The Hall–Kier alpha value is -0.830. The summed E-state index contributed by atoms with van der Waals surface area (Å²) < 4.78 is 6.90. The molecule has 0 unspecified atom stereocenters. The normalized spacial score (nSPS) is 10.5. The van der Waals surface area contributed by atoms with Crippen LogP contribution in [-0.4, -0.2) is 11.7 Å². The Kier molecular flexibility index (Phi) is 3.33. The van der Waals surface area contributed by atoms with Crippen LogP contribution >= 0.6 is 34.8 Å². The Morgan fingerprint density at radius 3 is 2.19 bits per heavy atom. The predicted octanol–water partition coefficient (Wildman–Crippen LogP) is 4.45. The average Bonchev–Trinajstić information content (AvgIpc) is 2.58. The summed E-state index contributed by atoms with van der Waals surface area (Å²) >= 11 is 18.0. The molecule has 0 amide bonds. The van der Waals surface area contributed by atoms with Gasteiger partial charge >= 0.3 is 0 Å². The zero-order valence-electron chi connectivity index (χ0n) is 8.38. The molecule has 2 nitrogen and oxygen atoms in total. The predicted molar refractivity (Wildman–Crippen MR) is 67.4 cm³/mol. The Labute approximate surface area is 108 Å². The van der Waals surface area contributed by atoms with Crippen molar-refractivity contribution < 1.29 is 4.74 Å². The Balaban J connectivity index is 2.67. The molecule has 0 saturated carbocycles. The van der Waals surface area contributed by atoms with Crippen molar-refractivity contribution in [2.24, 2.45) is 0 Å². The second kappa shape index (κ2) is 4.58. The molecule has 0 aliphatic heterocycles. The van der Waals surface area contributed by atoms with Gasteiger partial charge in [-0.1, -0.05) is 34.8 Å². The van der Waals surface area contributed by atoms with Gasteiger partial charge in [-0.05, 0) is 30.3 Å². The summed E-state index contributed by atoms with van der Waals surface area (Å²) in [6, 6.07) is 8.69. The lowest BCUT2D eigenvalue weighted by molar-refractivity contribution is 0.413. The fourth-order valence-electron chi connectivity index (χ4n) is 1.46. The first-order valence-corrected chi connectivity index (χ1v) is 5.63. The third-order valence-corrected chi connectivity index (χ3v) is 2.99. The van der Waals surface area contributed by atoms with E-state index in [-0.39, 0.29) is 0 Å². The van der Waals surface area contributed by atoms with Gasteiger partial charge in [-0.15, -0.1) is 0 Å². The summed E-state index contributed by atoms with van der Waals surface area (Å²) in [4.78, 5) is 0. The van der Waals surface area contributed by atoms with E-state index in [2.05, 4.69) is 0 Å². The van der Waals surface area contributed by atoms with Crippen molar-refractivity contribution in [1.29, 1.82) is 0 Å². The van der Waals surface area contributed by atoms with E-state index >= 15 is 0 Å². The highest BCUT2D eigenvalue weighted by atomic mass is 35.5. The van der Waals surface area contributed by atoms with E-state index in [1.807, 2.05) is 0 Å². The zero-order valence-corrected chi connectivity index (χ0v) is 10.6. The molecule has 0 bridgehead atoms. The van der Waals surface area contributed by atoms with Crippen LogP contribution in [0.25, 0.3) is 5.69 Å². The molecular weight excluding hydrogens is 268 g/mol. The van der Waals surface area contributed by atoms with E-state index in [9.17, 15) is 0 Å². The largest absolute Gasteiger partial charge is 0.495 e. The lowest BCUT2D eigenvalue weighted by Crippen LogP contribution is -1.97. The molecule has 1 aromatic heterocycles. The highest BCUT2D eigenvalue weighted by Crippen LogP contribution is 2.32. The molecule has 16 heavy (non-hydrogen) atoms. The fourth-order valence-corrected chi connectivity index (χ4v) is 2.16. The third-order valence-electron chi connectivity index (χ3n) is 2.17. The summed E-state index contributed by atoms with van der Waals surface area (Å²) in [5, 5.41) is 1.60.